The van der Waals surface area contributed by atoms with E-state index in [2.05, 4.69) is 34.8 Å². The molecule has 0 spiro atoms. The molecule has 0 unspecified atom stereocenters. The molecule has 126 valence electrons. The zero-order valence-corrected chi connectivity index (χ0v) is 16.3. The molecule has 0 saturated heterocycles. The van der Waals surface area contributed by atoms with Gasteiger partial charge in [0.05, 0.1) is 0 Å². The van der Waals surface area contributed by atoms with Gasteiger partial charge in [-0.25, -0.2) is 0 Å². The van der Waals surface area contributed by atoms with Crippen LogP contribution in [0.4, 0.5) is 0 Å². The van der Waals surface area contributed by atoms with Gasteiger partial charge >= 0.3 is 0 Å². The van der Waals surface area contributed by atoms with Gasteiger partial charge in [-0.2, -0.15) is 0 Å². The fourth-order valence-corrected chi connectivity index (χ4v) is 3.02. The predicted molar refractivity (Wildman–Crippen MR) is 102 cm³/mol. The Bertz CT molecular complexity index is 221. The molecule has 0 fully saturated rings. The van der Waals surface area contributed by atoms with Gasteiger partial charge in [0, 0.05) is 13.0 Å². The molecule has 21 heavy (non-hydrogen) atoms. The standard InChI is InChI=1S/C18H36INO/c1-2-3-4-5-6-7-8-9-12-15-18(21)20-17-14-11-10-13-16-19/h2-17H2,1H3,(H,20,21). The van der Waals surface area contributed by atoms with Crippen LogP contribution >= 0.6 is 22.6 Å². The molecule has 1 amide bonds. The maximum atomic E-state index is 11.6. The Morgan fingerprint density at radius 1 is 0.762 bits per heavy atom. The van der Waals surface area contributed by atoms with Crippen molar-refractivity contribution in [2.45, 2.75) is 96.8 Å². The number of hydrogen-bond acceptors (Lipinski definition) is 1. The van der Waals surface area contributed by atoms with Crippen LogP contribution in [0.5, 0.6) is 0 Å². The highest BCUT2D eigenvalue weighted by Crippen LogP contribution is 2.10. The van der Waals surface area contributed by atoms with Crippen LogP contribution in [0.25, 0.3) is 0 Å². The number of unbranched alkanes of at least 4 members (excludes halogenated alkanes) is 11. The van der Waals surface area contributed by atoms with Crippen molar-refractivity contribution in [1.29, 1.82) is 0 Å². The van der Waals surface area contributed by atoms with E-state index < -0.39 is 0 Å². The Morgan fingerprint density at radius 2 is 1.29 bits per heavy atom. The van der Waals surface area contributed by atoms with E-state index in [0.29, 0.717) is 0 Å². The lowest BCUT2D eigenvalue weighted by atomic mass is 10.1. The van der Waals surface area contributed by atoms with Gasteiger partial charge in [0.25, 0.3) is 0 Å². The van der Waals surface area contributed by atoms with E-state index in [0.717, 1.165) is 25.8 Å². The maximum absolute atomic E-state index is 11.6. The first-order valence-corrected chi connectivity index (χ1v) is 10.7. The van der Waals surface area contributed by atoms with Gasteiger partial charge in [0.15, 0.2) is 0 Å². The van der Waals surface area contributed by atoms with Crippen LogP contribution in [0.3, 0.4) is 0 Å². The highest BCUT2D eigenvalue weighted by Gasteiger charge is 2.00. The number of carbonyl (C=O) groups is 1. The van der Waals surface area contributed by atoms with Crippen molar-refractivity contribution in [2.24, 2.45) is 0 Å². The van der Waals surface area contributed by atoms with Crippen LogP contribution in [0.15, 0.2) is 0 Å². The van der Waals surface area contributed by atoms with Crippen LogP contribution in [-0.2, 0) is 4.79 Å². The lowest BCUT2D eigenvalue weighted by molar-refractivity contribution is -0.121. The van der Waals surface area contributed by atoms with Crippen molar-refractivity contribution in [3.05, 3.63) is 0 Å². The van der Waals surface area contributed by atoms with Gasteiger partial charge in [0.2, 0.25) is 5.91 Å². The summed E-state index contributed by atoms with van der Waals surface area (Å²) in [5.41, 5.74) is 0. The smallest absolute Gasteiger partial charge is 0.219 e. The Balaban J connectivity index is 3.12. The number of halogens is 1. The third-order valence-corrected chi connectivity index (χ3v) is 4.65. The summed E-state index contributed by atoms with van der Waals surface area (Å²) in [6.07, 6.45) is 17.6. The lowest BCUT2D eigenvalue weighted by Gasteiger charge is -2.05. The molecule has 0 aliphatic rings. The summed E-state index contributed by atoms with van der Waals surface area (Å²) in [7, 11) is 0. The van der Waals surface area contributed by atoms with Gasteiger partial charge in [-0.1, -0.05) is 93.7 Å². The minimum absolute atomic E-state index is 0.256. The van der Waals surface area contributed by atoms with Crippen molar-refractivity contribution in [3.8, 4) is 0 Å². The molecule has 0 rings (SSSR count). The molecule has 0 radical (unpaired) electrons. The number of nitrogens with one attached hydrogen (secondary N) is 1. The second kappa shape index (κ2) is 18.2. The average molecular weight is 409 g/mol. The number of alkyl halides is 1. The molecule has 0 saturated carbocycles. The molecule has 0 bridgehead atoms. The van der Waals surface area contributed by atoms with Gasteiger partial charge in [-0.3, -0.25) is 4.79 Å². The molecule has 0 aromatic carbocycles. The SMILES string of the molecule is CCCCCCCCCCCC(=O)NCCCCCCI. The second-order valence-corrected chi connectivity index (χ2v) is 7.11. The summed E-state index contributed by atoms with van der Waals surface area (Å²) in [5, 5.41) is 3.04. The Morgan fingerprint density at radius 3 is 1.90 bits per heavy atom. The molecule has 0 aromatic rings. The molecular weight excluding hydrogens is 373 g/mol. The van der Waals surface area contributed by atoms with E-state index in [1.54, 1.807) is 0 Å². The van der Waals surface area contributed by atoms with Crippen molar-refractivity contribution in [3.63, 3.8) is 0 Å². The van der Waals surface area contributed by atoms with Crippen LogP contribution < -0.4 is 5.32 Å². The van der Waals surface area contributed by atoms with Crippen molar-refractivity contribution < 1.29 is 4.79 Å². The number of amides is 1. The van der Waals surface area contributed by atoms with E-state index in [9.17, 15) is 4.79 Å². The highest BCUT2D eigenvalue weighted by molar-refractivity contribution is 14.1. The summed E-state index contributed by atoms with van der Waals surface area (Å²) < 4.78 is 1.25. The summed E-state index contributed by atoms with van der Waals surface area (Å²) >= 11 is 2.42. The highest BCUT2D eigenvalue weighted by atomic mass is 127. The Hall–Kier alpha value is 0.200. The number of hydrogen-bond donors (Lipinski definition) is 1. The third kappa shape index (κ3) is 18.2. The molecule has 2 nitrogen and oxygen atoms in total. The van der Waals surface area contributed by atoms with Gasteiger partial charge < -0.3 is 5.32 Å². The van der Waals surface area contributed by atoms with Crippen molar-refractivity contribution in [2.75, 3.05) is 11.0 Å². The monoisotopic (exact) mass is 409 g/mol. The van der Waals surface area contributed by atoms with Crippen molar-refractivity contribution in [1.82, 2.24) is 5.32 Å². The van der Waals surface area contributed by atoms with E-state index in [-0.39, 0.29) is 5.91 Å². The summed E-state index contributed by atoms with van der Waals surface area (Å²) in [6.45, 7) is 3.13. The normalized spacial score (nSPS) is 10.8. The van der Waals surface area contributed by atoms with E-state index in [1.807, 2.05) is 0 Å². The van der Waals surface area contributed by atoms with Gasteiger partial charge in [-0.15, -0.1) is 0 Å². The molecule has 0 aliphatic heterocycles. The largest absolute Gasteiger partial charge is 0.356 e. The topological polar surface area (TPSA) is 29.1 Å². The summed E-state index contributed by atoms with van der Waals surface area (Å²) in [4.78, 5) is 11.6. The van der Waals surface area contributed by atoms with Gasteiger partial charge in [0.1, 0.15) is 0 Å². The van der Waals surface area contributed by atoms with Gasteiger partial charge in [-0.05, 0) is 23.7 Å². The predicted octanol–water partition coefficient (Wildman–Crippen LogP) is 6.02. The van der Waals surface area contributed by atoms with E-state index in [1.165, 1.54) is 75.1 Å². The molecule has 0 aliphatic carbocycles. The summed E-state index contributed by atoms with van der Waals surface area (Å²) in [5.74, 6) is 0.256. The quantitative estimate of drug-likeness (QED) is 0.189. The van der Waals surface area contributed by atoms with Crippen molar-refractivity contribution >= 4 is 28.5 Å². The minimum Gasteiger partial charge on any atom is -0.356 e. The first kappa shape index (κ1) is 21.2. The molecule has 3 heteroatoms. The van der Waals surface area contributed by atoms with Crippen LogP contribution in [-0.4, -0.2) is 16.9 Å². The number of rotatable bonds is 16. The minimum atomic E-state index is 0.256. The molecule has 0 heterocycles. The lowest BCUT2D eigenvalue weighted by Crippen LogP contribution is -2.23. The number of carbonyl (C=O) groups excluding carboxylic acids is 1. The van der Waals surface area contributed by atoms with E-state index in [4.69, 9.17) is 0 Å². The Labute approximate surface area is 146 Å². The average Bonchev–Trinajstić information content (AvgIpc) is 2.49. The zero-order chi connectivity index (χ0) is 15.6. The van der Waals surface area contributed by atoms with E-state index >= 15 is 0 Å². The van der Waals surface area contributed by atoms with Crippen LogP contribution in [0.2, 0.25) is 0 Å². The fraction of sp³-hybridized carbons (Fsp3) is 0.944. The van der Waals surface area contributed by atoms with Crippen LogP contribution in [0.1, 0.15) is 96.8 Å². The molecule has 0 aromatic heterocycles. The first-order chi connectivity index (χ1) is 10.3. The fourth-order valence-electron chi connectivity index (χ4n) is 2.49. The summed E-state index contributed by atoms with van der Waals surface area (Å²) in [6, 6.07) is 0. The molecule has 1 N–H and O–H groups in total. The second-order valence-electron chi connectivity index (χ2n) is 6.03. The molecular formula is C18H36INO. The zero-order valence-electron chi connectivity index (χ0n) is 14.1. The maximum Gasteiger partial charge on any atom is 0.219 e. The van der Waals surface area contributed by atoms with Crippen LogP contribution in [0, 0.1) is 0 Å². The first-order valence-electron chi connectivity index (χ1n) is 9.14. The molecule has 0 atom stereocenters. The Kier molecular flexibility index (Phi) is 18.4. The third-order valence-electron chi connectivity index (χ3n) is 3.89.